The van der Waals surface area contributed by atoms with Gasteiger partial charge in [-0.1, -0.05) is 12.8 Å². The first-order chi connectivity index (χ1) is 11.3. The molecule has 2 nitrogen and oxygen atoms in total. The Morgan fingerprint density at radius 2 is 1.79 bits per heavy atom. The number of aryl methyl sites for hydroxylation is 1. The number of Topliss-reactive ketones (excluding diaryl/α,β-unsaturated/α-hetero) is 1. The van der Waals surface area contributed by atoms with Crippen molar-refractivity contribution in [2.45, 2.75) is 64.2 Å². The Morgan fingerprint density at radius 1 is 1.17 bits per heavy atom. The van der Waals surface area contributed by atoms with E-state index >= 15 is 0 Å². The summed E-state index contributed by atoms with van der Waals surface area (Å²) in [6, 6.07) is 4.43. The number of carbonyl (C=O) groups excluding carboxylic acids is 1. The highest BCUT2D eigenvalue weighted by Crippen LogP contribution is 2.46. The van der Waals surface area contributed by atoms with Crippen molar-refractivity contribution < 1.29 is 9.28 Å². The van der Waals surface area contributed by atoms with Gasteiger partial charge in [-0.15, -0.1) is 11.3 Å². The zero-order valence-electron chi connectivity index (χ0n) is 15.9. The van der Waals surface area contributed by atoms with Gasteiger partial charge in [-0.25, -0.2) is 0 Å². The number of thiophene rings is 1. The van der Waals surface area contributed by atoms with Gasteiger partial charge in [0.05, 0.1) is 32.6 Å². The van der Waals surface area contributed by atoms with Gasteiger partial charge in [0.25, 0.3) is 0 Å². The fraction of sp³-hybridized carbons (Fsp3) is 0.762. The van der Waals surface area contributed by atoms with E-state index in [1.54, 1.807) is 0 Å². The van der Waals surface area contributed by atoms with E-state index in [-0.39, 0.29) is 5.41 Å². The number of hydrogen-bond acceptors (Lipinski definition) is 2. The van der Waals surface area contributed by atoms with Gasteiger partial charge >= 0.3 is 0 Å². The van der Waals surface area contributed by atoms with E-state index in [1.165, 1.54) is 61.4 Å². The number of carbonyl (C=O) groups is 1. The Morgan fingerprint density at radius 3 is 2.33 bits per heavy atom. The lowest BCUT2D eigenvalue weighted by Gasteiger charge is -2.39. The molecule has 0 radical (unpaired) electrons. The smallest absolute Gasteiger partial charge is 0.144 e. The first-order valence-corrected chi connectivity index (χ1v) is 10.5. The number of rotatable bonds is 5. The van der Waals surface area contributed by atoms with Crippen LogP contribution in [-0.2, 0) is 10.2 Å². The number of hydrogen-bond donors (Lipinski definition) is 0. The quantitative estimate of drug-likeness (QED) is 0.688. The summed E-state index contributed by atoms with van der Waals surface area (Å²) in [5, 5.41) is 0. The third kappa shape index (κ3) is 3.62. The second-order valence-corrected chi connectivity index (χ2v) is 10.3. The lowest BCUT2D eigenvalue weighted by atomic mass is 9.69. The van der Waals surface area contributed by atoms with E-state index in [2.05, 4.69) is 40.1 Å². The van der Waals surface area contributed by atoms with Crippen LogP contribution < -0.4 is 0 Å². The van der Waals surface area contributed by atoms with Crippen LogP contribution in [0.4, 0.5) is 0 Å². The summed E-state index contributed by atoms with van der Waals surface area (Å²) in [7, 11) is 4.63. The van der Waals surface area contributed by atoms with E-state index in [0.29, 0.717) is 17.6 Å². The second-order valence-electron chi connectivity index (χ2n) is 9.05. The number of likely N-dealkylation sites (tertiary alicyclic amines) is 1. The summed E-state index contributed by atoms with van der Waals surface area (Å²) < 4.78 is 1.12. The van der Waals surface area contributed by atoms with E-state index < -0.39 is 0 Å². The minimum Gasteiger partial charge on any atom is -0.328 e. The Balaban J connectivity index is 1.77. The van der Waals surface area contributed by atoms with Crippen molar-refractivity contribution in [3.05, 3.63) is 21.9 Å². The van der Waals surface area contributed by atoms with Gasteiger partial charge < -0.3 is 4.48 Å². The third-order valence-corrected chi connectivity index (χ3v) is 8.00. The van der Waals surface area contributed by atoms with E-state index in [1.807, 2.05) is 11.3 Å². The van der Waals surface area contributed by atoms with Gasteiger partial charge in [0.15, 0.2) is 0 Å². The van der Waals surface area contributed by atoms with Crippen molar-refractivity contribution in [2.24, 2.45) is 11.8 Å². The molecule has 3 heteroatoms. The molecule has 3 rings (SSSR count). The van der Waals surface area contributed by atoms with Crippen molar-refractivity contribution in [3.8, 4) is 0 Å². The summed E-state index contributed by atoms with van der Waals surface area (Å²) in [6.07, 6.45) is 8.28. The van der Waals surface area contributed by atoms with E-state index in [0.717, 1.165) is 10.9 Å². The molecule has 1 atom stereocenters. The number of quaternary nitrogens is 1. The molecule has 1 aromatic heterocycles. The molecule has 1 aromatic rings. The van der Waals surface area contributed by atoms with Crippen LogP contribution in [0.15, 0.2) is 12.1 Å². The zero-order valence-corrected chi connectivity index (χ0v) is 16.8. The molecule has 0 spiro atoms. The average Bonchev–Trinajstić information content (AvgIpc) is 3.20. The number of nitrogens with zero attached hydrogens (tertiary/aromatic N) is 1. The SMILES string of the molecule is Cc1ccc(C(C)(C(=O)CC2CC[N+](C)(C)CC2)C2CCCC2)s1. The van der Waals surface area contributed by atoms with Crippen LogP contribution in [-0.4, -0.2) is 37.5 Å². The van der Waals surface area contributed by atoms with Crippen LogP contribution in [0, 0.1) is 18.8 Å². The molecule has 0 aromatic carbocycles. The van der Waals surface area contributed by atoms with Gasteiger partial charge in [-0.2, -0.15) is 0 Å². The summed E-state index contributed by atoms with van der Waals surface area (Å²) >= 11 is 1.85. The summed E-state index contributed by atoms with van der Waals surface area (Å²) in [6.45, 7) is 6.86. The first kappa shape index (κ1) is 18.1. The minimum atomic E-state index is -0.239. The molecule has 24 heavy (non-hydrogen) atoms. The van der Waals surface area contributed by atoms with Crippen molar-refractivity contribution >= 4 is 17.1 Å². The molecule has 1 aliphatic carbocycles. The molecular formula is C21H34NOS+. The summed E-state index contributed by atoms with van der Waals surface area (Å²) in [5.74, 6) is 1.68. The van der Waals surface area contributed by atoms with Gasteiger partial charge in [0.1, 0.15) is 5.78 Å². The lowest BCUT2D eigenvalue weighted by molar-refractivity contribution is -0.896. The maximum atomic E-state index is 13.5. The second kappa shape index (κ2) is 6.92. The molecule has 1 unspecified atom stereocenters. The van der Waals surface area contributed by atoms with Crippen LogP contribution in [0.2, 0.25) is 0 Å². The van der Waals surface area contributed by atoms with Crippen LogP contribution >= 0.6 is 11.3 Å². The predicted molar refractivity (Wildman–Crippen MR) is 103 cm³/mol. The Labute approximate surface area is 151 Å². The highest BCUT2D eigenvalue weighted by atomic mass is 32.1. The Hall–Kier alpha value is -0.670. The largest absolute Gasteiger partial charge is 0.328 e. The maximum absolute atomic E-state index is 13.5. The lowest BCUT2D eigenvalue weighted by Crippen LogP contribution is -2.47. The average molecular weight is 349 g/mol. The monoisotopic (exact) mass is 348 g/mol. The highest BCUT2D eigenvalue weighted by molar-refractivity contribution is 7.12. The fourth-order valence-corrected chi connectivity index (χ4v) is 5.89. The summed E-state index contributed by atoms with van der Waals surface area (Å²) in [5.41, 5.74) is -0.239. The third-order valence-electron chi connectivity index (χ3n) is 6.76. The minimum absolute atomic E-state index is 0.239. The molecule has 2 heterocycles. The molecule has 2 fully saturated rings. The van der Waals surface area contributed by atoms with E-state index in [9.17, 15) is 4.79 Å². The van der Waals surface area contributed by atoms with Gasteiger partial charge in [0, 0.05) is 29.0 Å². The van der Waals surface area contributed by atoms with Crippen molar-refractivity contribution in [1.29, 1.82) is 0 Å². The first-order valence-electron chi connectivity index (χ1n) is 9.73. The number of piperidine rings is 1. The van der Waals surface area contributed by atoms with Crippen molar-refractivity contribution in [1.82, 2.24) is 0 Å². The highest BCUT2D eigenvalue weighted by Gasteiger charge is 2.45. The zero-order chi connectivity index (χ0) is 17.4. The fourth-order valence-electron chi connectivity index (χ4n) is 4.78. The van der Waals surface area contributed by atoms with Crippen LogP contribution in [0.3, 0.4) is 0 Å². The maximum Gasteiger partial charge on any atom is 0.144 e. The number of ketones is 1. The molecule has 2 aliphatic rings. The van der Waals surface area contributed by atoms with Crippen molar-refractivity contribution in [3.63, 3.8) is 0 Å². The molecule has 0 bridgehead atoms. The van der Waals surface area contributed by atoms with E-state index in [4.69, 9.17) is 0 Å². The molecule has 0 amide bonds. The van der Waals surface area contributed by atoms with Crippen molar-refractivity contribution in [2.75, 3.05) is 27.2 Å². The molecule has 1 aliphatic heterocycles. The standard InChI is InChI=1S/C21H34NOS/c1-16-9-10-20(24-16)21(2,18-7-5-6-8-18)19(23)15-17-11-13-22(3,4)14-12-17/h9-10,17-18H,5-8,11-15H2,1-4H3/q+1. The molecule has 1 saturated carbocycles. The van der Waals surface area contributed by atoms with Crippen LogP contribution in [0.25, 0.3) is 0 Å². The molecule has 0 N–H and O–H groups in total. The summed E-state index contributed by atoms with van der Waals surface area (Å²) in [4.78, 5) is 16.1. The van der Waals surface area contributed by atoms with Crippen LogP contribution in [0.5, 0.6) is 0 Å². The Bertz CT molecular complexity index is 574. The van der Waals surface area contributed by atoms with Gasteiger partial charge in [-0.05, 0) is 50.7 Å². The van der Waals surface area contributed by atoms with Crippen LogP contribution in [0.1, 0.15) is 61.6 Å². The normalized spacial score (nSPS) is 24.8. The molecular weight excluding hydrogens is 314 g/mol. The topological polar surface area (TPSA) is 17.1 Å². The van der Waals surface area contributed by atoms with Gasteiger partial charge in [0.2, 0.25) is 0 Å². The Kier molecular flexibility index (Phi) is 5.22. The van der Waals surface area contributed by atoms with Gasteiger partial charge in [-0.3, -0.25) is 4.79 Å². The molecule has 134 valence electrons. The predicted octanol–water partition coefficient (Wildman–Crippen LogP) is 4.95. The molecule has 1 saturated heterocycles.